The molecule has 2 fully saturated rings. The zero-order valence-electron chi connectivity index (χ0n) is 14.7. The molecular weight excluding hydrogens is 356 g/mol. The molecule has 1 aromatic rings. The Morgan fingerprint density at radius 1 is 1.31 bits per heavy atom. The lowest BCUT2D eigenvalue weighted by molar-refractivity contribution is -0.137. The molecule has 2 saturated heterocycles. The number of likely N-dealkylation sites (tertiary alicyclic amines) is 1. The Morgan fingerprint density at radius 2 is 2.08 bits per heavy atom. The number of nitrogens with two attached hydrogens (primary N) is 1. The van der Waals surface area contributed by atoms with Crippen molar-refractivity contribution in [3.8, 4) is 0 Å². The van der Waals surface area contributed by atoms with Crippen molar-refractivity contribution in [3.05, 3.63) is 24.3 Å². The second-order valence-electron chi connectivity index (χ2n) is 6.86. The minimum absolute atomic E-state index is 0.0107. The van der Waals surface area contributed by atoms with Crippen molar-refractivity contribution in [2.75, 3.05) is 31.6 Å². The van der Waals surface area contributed by atoms with E-state index < -0.39 is 15.9 Å². The van der Waals surface area contributed by atoms with Gasteiger partial charge in [-0.3, -0.25) is 9.59 Å². The quantitative estimate of drug-likeness (QED) is 0.757. The van der Waals surface area contributed by atoms with Gasteiger partial charge in [0.2, 0.25) is 21.8 Å². The molecule has 2 amide bonds. The Labute approximate surface area is 153 Å². The molecule has 1 aromatic carbocycles. The number of nitrogens with zero attached hydrogens (tertiary/aromatic N) is 2. The van der Waals surface area contributed by atoms with E-state index in [2.05, 4.69) is 5.32 Å². The zero-order chi connectivity index (χ0) is 18.9. The van der Waals surface area contributed by atoms with Crippen LogP contribution in [-0.4, -0.2) is 57.9 Å². The minimum atomic E-state index is -3.85. The average Bonchev–Trinajstić information content (AvgIpc) is 3.02. The van der Waals surface area contributed by atoms with Gasteiger partial charge in [-0.25, -0.2) is 13.6 Å². The summed E-state index contributed by atoms with van der Waals surface area (Å²) in [5, 5.41) is 8.36. The predicted molar refractivity (Wildman–Crippen MR) is 96.9 cm³/mol. The summed E-state index contributed by atoms with van der Waals surface area (Å²) in [5.74, 6) is -0.600. The van der Waals surface area contributed by atoms with Crippen molar-refractivity contribution < 1.29 is 18.0 Å². The third-order valence-electron chi connectivity index (χ3n) is 5.07. The maximum absolute atomic E-state index is 12.8. The van der Waals surface area contributed by atoms with E-state index in [0.717, 1.165) is 12.8 Å². The number of likely N-dealkylation sites (N-methyl/N-ethyl adjacent to an activating group) is 1. The number of carbonyl (C=O) groups is 2. The molecule has 3 rings (SSSR count). The molecule has 9 heteroatoms. The van der Waals surface area contributed by atoms with E-state index in [1.807, 2.05) is 11.9 Å². The summed E-state index contributed by atoms with van der Waals surface area (Å²) < 4.78 is 23.1. The first-order valence-electron chi connectivity index (χ1n) is 8.69. The Bertz CT molecular complexity index is 811. The summed E-state index contributed by atoms with van der Waals surface area (Å²) in [6.07, 6.45) is 2.12. The molecule has 26 heavy (non-hydrogen) atoms. The van der Waals surface area contributed by atoms with Gasteiger partial charge in [0.25, 0.3) is 0 Å². The van der Waals surface area contributed by atoms with Gasteiger partial charge in [0.15, 0.2) is 0 Å². The molecule has 0 spiro atoms. The van der Waals surface area contributed by atoms with Crippen LogP contribution in [0.2, 0.25) is 0 Å². The van der Waals surface area contributed by atoms with Crippen molar-refractivity contribution in [2.45, 2.75) is 30.2 Å². The second-order valence-corrected chi connectivity index (χ2v) is 8.42. The monoisotopic (exact) mass is 380 g/mol. The van der Waals surface area contributed by atoms with Gasteiger partial charge < -0.3 is 15.1 Å². The smallest absolute Gasteiger partial charge is 0.238 e. The number of anilines is 1. The number of rotatable bonds is 4. The van der Waals surface area contributed by atoms with Crippen LogP contribution in [0.25, 0.3) is 0 Å². The first kappa shape index (κ1) is 18.8. The van der Waals surface area contributed by atoms with E-state index in [4.69, 9.17) is 5.14 Å². The Morgan fingerprint density at radius 3 is 2.77 bits per heavy atom. The van der Waals surface area contributed by atoms with Crippen LogP contribution < -0.4 is 15.4 Å². The molecular formula is C17H24N4O4S. The number of hydrogen-bond acceptors (Lipinski definition) is 5. The molecule has 2 aliphatic heterocycles. The van der Waals surface area contributed by atoms with Crippen LogP contribution in [0.15, 0.2) is 29.2 Å². The van der Waals surface area contributed by atoms with Crippen molar-refractivity contribution >= 4 is 27.5 Å². The molecule has 0 bridgehead atoms. The highest BCUT2D eigenvalue weighted by molar-refractivity contribution is 7.89. The Balaban J connectivity index is 1.74. The summed E-state index contributed by atoms with van der Waals surface area (Å²) in [6.45, 7) is 1.62. The predicted octanol–water partition coefficient (Wildman–Crippen LogP) is -0.103. The van der Waals surface area contributed by atoms with Crippen molar-refractivity contribution in [1.29, 1.82) is 0 Å². The third kappa shape index (κ3) is 3.89. The lowest BCUT2D eigenvalue weighted by atomic mass is 10.0. The number of piperidine rings is 1. The van der Waals surface area contributed by atoms with E-state index in [1.54, 1.807) is 12.1 Å². The van der Waals surface area contributed by atoms with E-state index >= 15 is 0 Å². The average molecular weight is 380 g/mol. The summed E-state index contributed by atoms with van der Waals surface area (Å²) in [5.41, 5.74) is 0.448. The van der Waals surface area contributed by atoms with Gasteiger partial charge in [-0.2, -0.15) is 0 Å². The fourth-order valence-electron chi connectivity index (χ4n) is 3.62. The van der Waals surface area contributed by atoms with Crippen LogP contribution in [0, 0.1) is 5.92 Å². The van der Waals surface area contributed by atoms with E-state index in [-0.39, 0.29) is 35.7 Å². The van der Waals surface area contributed by atoms with E-state index in [1.165, 1.54) is 17.0 Å². The largest absolute Gasteiger partial charge is 0.341 e. The molecule has 0 saturated carbocycles. The number of amides is 2. The number of primary sulfonamides is 1. The van der Waals surface area contributed by atoms with Gasteiger partial charge in [-0.05, 0) is 38.1 Å². The normalized spacial score (nSPS) is 24.2. The van der Waals surface area contributed by atoms with Gasteiger partial charge in [0.05, 0.1) is 10.8 Å². The topological polar surface area (TPSA) is 113 Å². The van der Waals surface area contributed by atoms with Gasteiger partial charge in [0, 0.05) is 37.8 Å². The first-order valence-corrected chi connectivity index (χ1v) is 10.2. The second kappa shape index (κ2) is 7.34. The first-order chi connectivity index (χ1) is 12.3. The molecule has 2 atom stereocenters. The number of carbonyl (C=O) groups excluding carboxylic acids is 2. The highest BCUT2D eigenvalue weighted by atomic mass is 32.2. The lowest BCUT2D eigenvalue weighted by Crippen LogP contribution is -2.49. The molecule has 0 radical (unpaired) electrons. The van der Waals surface area contributed by atoms with Gasteiger partial charge >= 0.3 is 0 Å². The van der Waals surface area contributed by atoms with E-state index in [9.17, 15) is 18.0 Å². The van der Waals surface area contributed by atoms with Crippen LogP contribution in [0.3, 0.4) is 0 Å². The van der Waals surface area contributed by atoms with Crippen molar-refractivity contribution in [3.63, 3.8) is 0 Å². The highest BCUT2D eigenvalue weighted by Gasteiger charge is 2.38. The summed E-state index contributed by atoms with van der Waals surface area (Å²) in [6, 6.07) is 6.23. The number of sulfonamides is 1. The summed E-state index contributed by atoms with van der Waals surface area (Å²) in [7, 11) is -1.96. The van der Waals surface area contributed by atoms with Gasteiger partial charge in [0.1, 0.15) is 0 Å². The van der Waals surface area contributed by atoms with Crippen molar-refractivity contribution in [1.82, 2.24) is 10.2 Å². The van der Waals surface area contributed by atoms with Crippen LogP contribution in [0.4, 0.5) is 5.69 Å². The highest BCUT2D eigenvalue weighted by Crippen LogP contribution is 2.28. The molecule has 2 unspecified atom stereocenters. The Hall–Kier alpha value is -1.97. The number of hydrogen-bond donors (Lipinski definition) is 2. The van der Waals surface area contributed by atoms with Gasteiger partial charge in [-0.1, -0.05) is 6.07 Å². The molecule has 0 aliphatic carbocycles. The maximum atomic E-state index is 12.8. The van der Waals surface area contributed by atoms with E-state index in [0.29, 0.717) is 18.8 Å². The van der Waals surface area contributed by atoms with Crippen LogP contribution in [-0.2, 0) is 19.6 Å². The standard InChI is InChI=1S/C17H24N4O4S/c1-19-13-4-3-7-20(11-13)17(23)12-8-16(22)21(10-12)14-5-2-6-15(9-14)26(18,24)25/h2,5-6,9,12-13,19H,3-4,7-8,10-11H2,1H3,(H2,18,24,25). The number of benzene rings is 1. The summed E-state index contributed by atoms with van der Waals surface area (Å²) >= 11 is 0. The van der Waals surface area contributed by atoms with Gasteiger partial charge in [-0.15, -0.1) is 0 Å². The van der Waals surface area contributed by atoms with Crippen LogP contribution in [0.5, 0.6) is 0 Å². The van der Waals surface area contributed by atoms with Crippen LogP contribution in [0.1, 0.15) is 19.3 Å². The molecule has 2 heterocycles. The zero-order valence-corrected chi connectivity index (χ0v) is 15.5. The molecule has 8 nitrogen and oxygen atoms in total. The lowest BCUT2D eigenvalue weighted by Gasteiger charge is -2.34. The molecule has 3 N–H and O–H groups in total. The van der Waals surface area contributed by atoms with Crippen LogP contribution >= 0.6 is 0 Å². The minimum Gasteiger partial charge on any atom is -0.341 e. The molecule has 0 aromatic heterocycles. The van der Waals surface area contributed by atoms with Crippen molar-refractivity contribution in [2.24, 2.45) is 11.1 Å². The summed E-state index contributed by atoms with van der Waals surface area (Å²) in [4.78, 5) is 28.5. The fourth-order valence-corrected chi connectivity index (χ4v) is 4.18. The SMILES string of the molecule is CNC1CCCN(C(=O)C2CC(=O)N(c3cccc(S(N)(=O)=O)c3)C2)C1. The molecule has 142 valence electrons. The number of nitrogens with one attached hydrogen (secondary N) is 1. The maximum Gasteiger partial charge on any atom is 0.238 e. The fraction of sp³-hybridized carbons (Fsp3) is 0.529. The Kier molecular flexibility index (Phi) is 5.31. The third-order valence-corrected chi connectivity index (χ3v) is 5.98. The molecule has 2 aliphatic rings.